The van der Waals surface area contributed by atoms with Gasteiger partial charge in [-0.2, -0.15) is 18.3 Å². The molecule has 29 heavy (non-hydrogen) atoms. The standard InChI is InChI=1S/C20H19F3N4O2/c21-20(22,23)15-4-1-5-16(12-15)24-14-19(28)26-17-6-2-7-18(13-17)29-11-10-27-9-3-8-25-27/h1-9,12-13,24H,10-11,14H2,(H,26,28). The Labute approximate surface area is 165 Å². The zero-order chi connectivity index (χ0) is 20.7. The molecule has 2 aromatic carbocycles. The molecule has 3 aromatic rings. The number of alkyl halides is 3. The van der Waals surface area contributed by atoms with Crippen molar-refractivity contribution in [3.05, 3.63) is 72.6 Å². The van der Waals surface area contributed by atoms with E-state index in [1.54, 1.807) is 35.1 Å². The largest absolute Gasteiger partial charge is 0.492 e. The summed E-state index contributed by atoms with van der Waals surface area (Å²) in [6.07, 6.45) is -0.918. The lowest BCUT2D eigenvalue weighted by Crippen LogP contribution is -2.22. The number of hydrogen-bond acceptors (Lipinski definition) is 4. The van der Waals surface area contributed by atoms with Crippen molar-refractivity contribution in [2.75, 3.05) is 23.8 Å². The predicted octanol–water partition coefficient (Wildman–Crippen LogP) is 4.03. The van der Waals surface area contributed by atoms with Crippen molar-refractivity contribution in [1.29, 1.82) is 0 Å². The summed E-state index contributed by atoms with van der Waals surface area (Å²) in [5.74, 6) is 0.192. The molecule has 1 heterocycles. The number of nitrogens with zero attached hydrogens (tertiary/aromatic N) is 2. The summed E-state index contributed by atoms with van der Waals surface area (Å²) in [5.41, 5.74) is -0.0361. The highest BCUT2D eigenvalue weighted by atomic mass is 19.4. The molecule has 0 bridgehead atoms. The van der Waals surface area contributed by atoms with Crippen LogP contribution in [0.4, 0.5) is 24.5 Å². The fourth-order valence-electron chi connectivity index (χ4n) is 2.55. The van der Waals surface area contributed by atoms with E-state index in [9.17, 15) is 18.0 Å². The van der Waals surface area contributed by atoms with Crippen LogP contribution in [0.5, 0.6) is 5.75 Å². The Morgan fingerprint density at radius 3 is 2.62 bits per heavy atom. The smallest absolute Gasteiger partial charge is 0.416 e. The molecule has 0 aliphatic rings. The summed E-state index contributed by atoms with van der Waals surface area (Å²) >= 11 is 0. The van der Waals surface area contributed by atoms with Gasteiger partial charge in [-0.1, -0.05) is 12.1 Å². The molecule has 0 fully saturated rings. The Bertz CT molecular complexity index is 943. The Morgan fingerprint density at radius 1 is 1.07 bits per heavy atom. The average molecular weight is 404 g/mol. The summed E-state index contributed by atoms with van der Waals surface area (Å²) in [6, 6.07) is 13.4. The highest BCUT2D eigenvalue weighted by Crippen LogP contribution is 2.30. The van der Waals surface area contributed by atoms with Crippen LogP contribution in [-0.2, 0) is 17.5 Å². The molecule has 2 N–H and O–H groups in total. The van der Waals surface area contributed by atoms with Crippen LogP contribution >= 0.6 is 0 Å². The Hall–Kier alpha value is -3.49. The van der Waals surface area contributed by atoms with Crippen molar-refractivity contribution in [3.63, 3.8) is 0 Å². The van der Waals surface area contributed by atoms with E-state index in [1.165, 1.54) is 12.1 Å². The molecule has 0 unspecified atom stereocenters. The minimum atomic E-state index is -4.43. The van der Waals surface area contributed by atoms with Gasteiger partial charge in [-0.25, -0.2) is 0 Å². The summed E-state index contributed by atoms with van der Waals surface area (Å²) < 4.78 is 45.6. The van der Waals surface area contributed by atoms with E-state index in [-0.39, 0.29) is 12.2 Å². The number of nitrogens with one attached hydrogen (secondary N) is 2. The summed E-state index contributed by atoms with van der Waals surface area (Å²) in [5, 5.41) is 9.45. The zero-order valence-electron chi connectivity index (χ0n) is 15.3. The van der Waals surface area contributed by atoms with E-state index in [0.29, 0.717) is 24.6 Å². The number of amides is 1. The summed E-state index contributed by atoms with van der Waals surface area (Å²) in [4.78, 5) is 12.1. The van der Waals surface area contributed by atoms with Crippen LogP contribution < -0.4 is 15.4 Å². The van der Waals surface area contributed by atoms with E-state index < -0.39 is 17.6 Å². The van der Waals surface area contributed by atoms with Gasteiger partial charge in [0.05, 0.1) is 18.7 Å². The van der Waals surface area contributed by atoms with Crippen LogP contribution in [-0.4, -0.2) is 28.8 Å². The highest BCUT2D eigenvalue weighted by Gasteiger charge is 2.30. The van der Waals surface area contributed by atoms with Gasteiger partial charge < -0.3 is 15.4 Å². The van der Waals surface area contributed by atoms with Crippen LogP contribution in [0.3, 0.4) is 0 Å². The number of halogens is 3. The SMILES string of the molecule is O=C(CNc1cccc(C(F)(F)F)c1)Nc1cccc(OCCn2cccn2)c1. The predicted molar refractivity (Wildman–Crippen MR) is 103 cm³/mol. The first-order valence-corrected chi connectivity index (χ1v) is 8.81. The second-order valence-corrected chi connectivity index (χ2v) is 6.13. The third kappa shape index (κ3) is 6.27. The molecular weight excluding hydrogens is 385 g/mol. The van der Waals surface area contributed by atoms with Crippen molar-refractivity contribution in [2.24, 2.45) is 0 Å². The molecule has 0 radical (unpaired) electrons. The molecule has 6 nitrogen and oxygen atoms in total. The number of rotatable bonds is 8. The Kier molecular flexibility index (Phi) is 6.38. The highest BCUT2D eigenvalue weighted by molar-refractivity contribution is 5.93. The number of carbonyl (C=O) groups is 1. The Morgan fingerprint density at radius 2 is 1.86 bits per heavy atom. The average Bonchev–Trinajstić information content (AvgIpc) is 3.20. The first kappa shape index (κ1) is 20.2. The zero-order valence-corrected chi connectivity index (χ0v) is 15.3. The van der Waals surface area contributed by atoms with E-state index in [2.05, 4.69) is 15.7 Å². The number of benzene rings is 2. The quantitative estimate of drug-likeness (QED) is 0.595. The van der Waals surface area contributed by atoms with E-state index in [1.807, 2.05) is 12.3 Å². The van der Waals surface area contributed by atoms with Gasteiger partial charge in [0.25, 0.3) is 0 Å². The van der Waals surface area contributed by atoms with Gasteiger partial charge in [-0.05, 0) is 36.4 Å². The van der Waals surface area contributed by atoms with Gasteiger partial charge in [0.2, 0.25) is 5.91 Å². The molecule has 0 saturated heterocycles. The van der Waals surface area contributed by atoms with E-state index >= 15 is 0 Å². The molecular formula is C20H19F3N4O2. The lowest BCUT2D eigenvalue weighted by Gasteiger charge is -2.12. The molecule has 3 rings (SSSR count). The van der Waals surface area contributed by atoms with Crippen molar-refractivity contribution in [3.8, 4) is 5.75 Å². The second-order valence-electron chi connectivity index (χ2n) is 6.13. The van der Waals surface area contributed by atoms with Crippen LogP contribution in [0.2, 0.25) is 0 Å². The lowest BCUT2D eigenvalue weighted by atomic mass is 10.2. The van der Waals surface area contributed by atoms with E-state index in [4.69, 9.17) is 4.74 Å². The monoisotopic (exact) mass is 404 g/mol. The summed E-state index contributed by atoms with van der Waals surface area (Å²) in [7, 11) is 0. The maximum absolute atomic E-state index is 12.7. The number of carbonyl (C=O) groups excluding carboxylic acids is 1. The number of anilines is 2. The first-order chi connectivity index (χ1) is 13.9. The maximum atomic E-state index is 12.7. The fourth-order valence-corrected chi connectivity index (χ4v) is 2.55. The number of ether oxygens (including phenoxy) is 1. The van der Waals surface area contributed by atoms with Gasteiger partial charge in [-0.15, -0.1) is 0 Å². The van der Waals surface area contributed by atoms with Crippen LogP contribution in [0.25, 0.3) is 0 Å². The summed E-state index contributed by atoms with van der Waals surface area (Å²) in [6.45, 7) is 0.826. The number of hydrogen-bond donors (Lipinski definition) is 2. The van der Waals surface area contributed by atoms with Gasteiger partial charge in [0, 0.05) is 29.8 Å². The molecule has 0 aliphatic carbocycles. The second kappa shape index (κ2) is 9.13. The normalized spacial score (nSPS) is 11.1. The molecule has 152 valence electrons. The van der Waals surface area contributed by atoms with Gasteiger partial charge in [0.15, 0.2) is 0 Å². The van der Waals surface area contributed by atoms with Crippen molar-refractivity contribution >= 4 is 17.3 Å². The molecule has 1 aromatic heterocycles. The molecule has 1 amide bonds. The van der Waals surface area contributed by atoms with Gasteiger partial charge in [0.1, 0.15) is 12.4 Å². The topological polar surface area (TPSA) is 68.2 Å². The first-order valence-electron chi connectivity index (χ1n) is 8.81. The van der Waals surface area contributed by atoms with Gasteiger partial charge in [-0.3, -0.25) is 9.48 Å². The number of aromatic nitrogens is 2. The van der Waals surface area contributed by atoms with Gasteiger partial charge >= 0.3 is 6.18 Å². The third-order valence-corrected chi connectivity index (χ3v) is 3.91. The van der Waals surface area contributed by atoms with Crippen molar-refractivity contribution < 1.29 is 22.7 Å². The molecule has 0 spiro atoms. The molecule has 0 saturated carbocycles. The third-order valence-electron chi connectivity index (χ3n) is 3.91. The molecule has 0 aliphatic heterocycles. The minimum Gasteiger partial charge on any atom is -0.492 e. The molecule has 0 atom stereocenters. The Balaban J connectivity index is 1.49. The van der Waals surface area contributed by atoms with Crippen molar-refractivity contribution in [2.45, 2.75) is 12.7 Å². The van der Waals surface area contributed by atoms with Crippen LogP contribution in [0.15, 0.2) is 67.0 Å². The minimum absolute atomic E-state index is 0.175. The lowest BCUT2D eigenvalue weighted by molar-refractivity contribution is -0.137. The van der Waals surface area contributed by atoms with E-state index in [0.717, 1.165) is 12.1 Å². The fraction of sp³-hybridized carbons (Fsp3) is 0.200. The van der Waals surface area contributed by atoms with Crippen LogP contribution in [0, 0.1) is 0 Å². The van der Waals surface area contributed by atoms with Crippen molar-refractivity contribution in [1.82, 2.24) is 9.78 Å². The van der Waals surface area contributed by atoms with Crippen LogP contribution in [0.1, 0.15) is 5.56 Å². The maximum Gasteiger partial charge on any atom is 0.416 e. The molecule has 9 heteroatoms.